The Morgan fingerprint density at radius 3 is 2.71 bits per heavy atom. The molecule has 0 radical (unpaired) electrons. The lowest BCUT2D eigenvalue weighted by Crippen LogP contribution is -2.23. The Labute approximate surface area is 130 Å². The molecular formula is C16H23N3OS. The summed E-state index contributed by atoms with van der Waals surface area (Å²) < 4.78 is 5.38. The summed E-state index contributed by atoms with van der Waals surface area (Å²) in [5.41, 5.74) is 1.23. The fourth-order valence-electron chi connectivity index (χ4n) is 2.07. The Morgan fingerprint density at radius 1 is 1.19 bits per heavy atom. The van der Waals surface area contributed by atoms with Crippen LogP contribution in [-0.4, -0.2) is 30.0 Å². The van der Waals surface area contributed by atoms with Gasteiger partial charge < -0.3 is 10.1 Å². The van der Waals surface area contributed by atoms with Gasteiger partial charge >= 0.3 is 0 Å². The highest BCUT2D eigenvalue weighted by Crippen LogP contribution is 2.25. The van der Waals surface area contributed by atoms with Crippen LogP contribution < -0.4 is 5.32 Å². The summed E-state index contributed by atoms with van der Waals surface area (Å²) in [4.78, 5) is 0. The van der Waals surface area contributed by atoms with E-state index >= 15 is 0 Å². The van der Waals surface area contributed by atoms with Gasteiger partial charge in [-0.2, -0.15) is 0 Å². The third kappa shape index (κ3) is 4.88. The molecule has 2 aromatic rings. The van der Waals surface area contributed by atoms with Gasteiger partial charge in [-0.3, -0.25) is 0 Å². The summed E-state index contributed by atoms with van der Waals surface area (Å²) in [6, 6.07) is 10.6. The van der Waals surface area contributed by atoms with E-state index in [1.165, 1.54) is 5.56 Å². The Bertz CT molecular complexity index is 515. The Kier molecular flexibility index (Phi) is 6.79. The van der Waals surface area contributed by atoms with E-state index in [2.05, 4.69) is 46.7 Å². The molecule has 1 heterocycles. The zero-order valence-electron chi connectivity index (χ0n) is 12.7. The third-order valence-electron chi connectivity index (χ3n) is 3.13. The molecule has 114 valence electrons. The summed E-state index contributed by atoms with van der Waals surface area (Å²) >= 11 is 1.67. The van der Waals surface area contributed by atoms with Crippen molar-refractivity contribution in [3.8, 4) is 0 Å². The molecule has 0 amide bonds. The quantitative estimate of drug-likeness (QED) is 0.723. The Hall–Kier alpha value is -1.30. The van der Waals surface area contributed by atoms with Gasteiger partial charge in [0.25, 0.3) is 0 Å². The summed E-state index contributed by atoms with van der Waals surface area (Å²) in [5, 5.41) is 14.3. The maximum Gasteiger partial charge on any atom is 0.139 e. The number of nitrogens with one attached hydrogen (secondary N) is 1. The molecule has 1 N–H and O–H groups in total. The van der Waals surface area contributed by atoms with Crippen molar-refractivity contribution >= 4 is 11.3 Å². The molecule has 0 spiro atoms. The molecular weight excluding hydrogens is 282 g/mol. The molecule has 4 nitrogen and oxygen atoms in total. The molecule has 21 heavy (non-hydrogen) atoms. The SMILES string of the molecule is CCCNC(c1ccccc1)c1nnc(CCOCC)s1. The molecule has 2 rings (SSSR count). The summed E-state index contributed by atoms with van der Waals surface area (Å²) in [5.74, 6) is 0. The number of aromatic nitrogens is 2. The largest absolute Gasteiger partial charge is 0.381 e. The monoisotopic (exact) mass is 305 g/mol. The summed E-state index contributed by atoms with van der Waals surface area (Å²) in [7, 11) is 0. The number of hydrogen-bond donors (Lipinski definition) is 1. The van der Waals surface area contributed by atoms with Crippen molar-refractivity contribution in [2.24, 2.45) is 0 Å². The van der Waals surface area contributed by atoms with E-state index in [9.17, 15) is 0 Å². The van der Waals surface area contributed by atoms with Crippen LogP contribution in [0, 0.1) is 0 Å². The van der Waals surface area contributed by atoms with Crippen LogP contribution in [0.15, 0.2) is 30.3 Å². The lowest BCUT2D eigenvalue weighted by atomic mass is 10.1. The minimum Gasteiger partial charge on any atom is -0.381 e. The first-order chi connectivity index (χ1) is 10.3. The Balaban J connectivity index is 2.09. The van der Waals surface area contributed by atoms with E-state index in [1.54, 1.807) is 11.3 Å². The van der Waals surface area contributed by atoms with E-state index in [0.717, 1.165) is 36.0 Å². The van der Waals surface area contributed by atoms with Crippen molar-refractivity contribution in [1.29, 1.82) is 0 Å². The first-order valence-electron chi connectivity index (χ1n) is 7.53. The third-order valence-corrected chi connectivity index (χ3v) is 4.17. The van der Waals surface area contributed by atoms with Crippen molar-refractivity contribution in [3.63, 3.8) is 0 Å². The van der Waals surface area contributed by atoms with Crippen molar-refractivity contribution in [1.82, 2.24) is 15.5 Å². The van der Waals surface area contributed by atoms with Gasteiger partial charge in [-0.05, 0) is 25.5 Å². The second-order valence-corrected chi connectivity index (χ2v) is 5.87. The van der Waals surface area contributed by atoms with Crippen molar-refractivity contribution in [3.05, 3.63) is 45.9 Å². The van der Waals surface area contributed by atoms with Crippen LogP contribution in [0.2, 0.25) is 0 Å². The van der Waals surface area contributed by atoms with Crippen LogP contribution in [0.5, 0.6) is 0 Å². The van der Waals surface area contributed by atoms with E-state index in [4.69, 9.17) is 4.74 Å². The molecule has 0 saturated heterocycles. The van der Waals surface area contributed by atoms with Crippen LogP contribution in [0.3, 0.4) is 0 Å². The standard InChI is InChI=1S/C16H23N3OS/c1-3-11-17-15(13-8-6-5-7-9-13)16-19-18-14(21-16)10-12-20-4-2/h5-9,15,17H,3-4,10-12H2,1-2H3. The molecule has 1 aromatic heterocycles. The van der Waals surface area contributed by atoms with Crippen LogP contribution in [-0.2, 0) is 11.2 Å². The highest BCUT2D eigenvalue weighted by molar-refractivity contribution is 7.11. The van der Waals surface area contributed by atoms with Crippen molar-refractivity contribution < 1.29 is 4.74 Å². The average Bonchev–Trinajstić information content (AvgIpc) is 2.98. The van der Waals surface area contributed by atoms with E-state index in [-0.39, 0.29) is 6.04 Å². The van der Waals surface area contributed by atoms with Gasteiger partial charge in [0.1, 0.15) is 10.0 Å². The maximum absolute atomic E-state index is 5.38. The minimum absolute atomic E-state index is 0.129. The van der Waals surface area contributed by atoms with Crippen LogP contribution in [0.4, 0.5) is 0 Å². The highest BCUT2D eigenvalue weighted by atomic mass is 32.1. The van der Waals surface area contributed by atoms with Gasteiger partial charge in [0.05, 0.1) is 12.6 Å². The maximum atomic E-state index is 5.38. The zero-order chi connectivity index (χ0) is 14.9. The molecule has 1 aromatic carbocycles. The molecule has 1 atom stereocenters. The molecule has 0 fully saturated rings. The molecule has 0 saturated carbocycles. The summed E-state index contributed by atoms with van der Waals surface area (Å²) in [6.45, 7) is 6.60. The Morgan fingerprint density at radius 2 is 2.00 bits per heavy atom. The molecule has 0 aliphatic carbocycles. The molecule has 5 heteroatoms. The number of benzene rings is 1. The second kappa shape index (κ2) is 8.87. The summed E-state index contributed by atoms with van der Waals surface area (Å²) in [6.07, 6.45) is 1.93. The highest BCUT2D eigenvalue weighted by Gasteiger charge is 2.18. The predicted octanol–water partition coefficient (Wildman–Crippen LogP) is 3.21. The smallest absolute Gasteiger partial charge is 0.139 e. The first kappa shape index (κ1) is 16.1. The van der Waals surface area contributed by atoms with E-state index in [0.29, 0.717) is 6.61 Å². The number of rotatable bonds is 9. The lowest BCUT2D eigenvalue weighted by molar-refractivity contribution is 0.150. The van der Waals surface area contributed by atoms with Crippen LogP contribution >= 0.6 is 11.3 Å². The number of nitrogens with zero attached hydrogens (tertiary/aromatic N) is 2. The van der Waals surface area contributed by atoms with Gasteiger partial charge in [-0.15, -0.1) is 10.2 Å². The van der Waals surface area contributed by atoms with Crippen molar-refractivity contribution in [2.45, 2.75) is 32.7 Å². The second-order valence-electron chi connectivity index (χ2n) is 4.78. The van der Waals surface area contributed by atoms with Gasteiger partial charge in [0.2, 0.25) is 0 Å². The van der Waals surface area contributed by atoms with Crippen molar-refractivity contribution in [2.75, 3.05) is 19.8 Å². The topological polar surface area (TPSA) is 47.0 Å². The lowest BCUT2D eigenvalue weighted by Gasteiger charge is -2.15. The number of hydrogen-bond acceptors (Lipinski definition) is 5. The van der Waals surface area contributed by atoms with E-state index in [1.807, 2.05) is 13.0 Å². The average molecular weight is 305 g/mol. The van der Waals surface area contributed by atoms with Gasteiger partial charge in [0, 0.05) is 13.0 Å². The molecule has 0 aliphatic rings. The zero-order valence-corrected chi connectivity index (χ0v) is 13.5. The van der Waals surface area contributed by atoms with Crippen LogP contribution in [0.25, 0.3) is 0 Å². The minimum atomic E-state index is 0.129. The predicted molar refractivity (Wildman–Crippen MR) is 86.7 cm³/mol. The molecule has 1 unspecified atom stereocenters. The molecule has 0 bridgehead atoms. The van der Waals surface area contributed by atoms with E-state index < -0.39 is 0 Å². The van der Waals surface area contributed by atoms with Crippen LogP contribution in [0.1, 0.15) is 41.9 Å². The normalized spacial score (nSPS) is 12.5. The number of ether oxygens (including phenoxy) is 1. The van der Waals surface area contributed by atoms with Gasteiger partial charge in [0.15, 0.2) is 0 Å². The first-order valence-corrected chi connectivity index (χ1v) is 8.35. The van der Waals surface area contributed by atoms with Gasteiger partial charge in [-0.1, -0.05) is 48.6 Å². The molecule has 0 aliphatic heterocycles. The fourth-order valence-corrected chi connectivity index (χ4v) is 3.00. The van der Waals surface area contributed by atoms with Gasteiger partial charge in [-0.25, -0.2) is 0 Å². The fraction of sp³-hybridized carbons (Fsp3) is 0.500.